The number of hydrogen-bond donors (Lipinski definition) is 8. The normalized spacial score (nSPS) is 36.2. The van der Waals surface area contributed by atoms with Gasteiger partial charge in [-0.1, -0.05) is 18.2 Å². The SMILES string of the molecule is CC=C1[C@H](O[C@@H]2O[C@@H](CO)[C@@H](O)[C@H](O)[C@H]2O)OC=C(C(=O)OC)[C@H]1CC(=O)O[C@H]1[C@H](O)[C@@H](O)[C@H](OCCc2ccc(O)cc2)O[C@@H]1CO. The molecule has 2 fully saturated rings. The van der Waals surface area contributed by atoms with Gasteiger partial charge >= 0.3 is 11.9 Å². The van der Waals surface area contributed by atoms with E-state index in [1.807, 2.05) is 0 Å². The zero-order valence-corrected chi connectivity index (χ0v) is 26.2. The van der Waals surface area contributed by atoms with Crippen LogP contribution in [0.25, 0.3) is 0 Å². The number of methoxy groups -OCH3 is 1. The molecule has 17 heteroatoms. The van der Waals surface area contributed by atoms with Crippen LogP contribution in [-0.2, 0) is 49.2 Å². The van der Waals surface area contributed by atoms with Gasteiger partial charge in [0.05, 0.1) is 45.2 Å². The van der Waals surface area contributed by atoms with Crippen molar-refractivity contribution in [2.45, 2.75) is 87.5 Å². The smallest absolute Gasteiger partial charge is 0.337 e. The van der Waals surface area contributed by atoms with Crippen LogP contribution < -0.4 is 0 Å². The molecular weight excluding hydrogens is 644 g/mol. The Kier molecular flexibility index (Phi) is 13.3. The molecule has 0 unspecified atom stereocenters. The Morgan fingerprint density at radius 1 is 0.875 bits per heavy atom. The van der Waals surface area contributed by atoms with Gasteiger partial charge in [0.15, 0.2) is 18.7 Å². The van der Waals surface area contributed by atoms with Crippen molar-refractivity contribution < 1.29 is 83.6 Å². The Balaban J connectivity index is 1.43. The molecule has 0 spiro atoms. The number of allylic oxidation sites excluding steroid dienone is 1. The first-order chi connectivity index (χ1) is 22.9. The number of aliphatic hydroxyl groups is 7. The molecule has 0 saturated carbocycles. The molecule has 1 aromatic carbocycles. The molecule has 3 heterocycles. The molecule has 3 aliphatic heterocycles. The van der Waals surface area contributed by atoms with Crippen molar-refractivity contribution in [3.05, 3.63) is 53.3 Å². The number of benzene rings is 1. The van der Waals surface area contributed by atoms with Crippen molar-refractivity contribution in [3.8, 4) is 5.75 Å². The Hall–Kier alpha value is -3.20. The number of aliphatic hydroxyl groups excluding tert-OH is 7. The van der Waals surface area contributed by atoms with Crippen LogP contribution in [0.2, 0.25) is 0 Å². The van der Waals surface area contributed by atoms with Crippen molar-refractivity contribution in [3.63, 3.8) is 0 Å². The van der Waals surface area contributed by atoms with E-state index in [-0.39, 0.29) is 23.5 Å². The second kappa shape index (κ2) is 17.0. The molecule has 0 amide bonds. The maximum atomic E-state index is 13.3. The minimum Gasteiger partial charge on any atom is -0.508 e. The number of ether oxygens (including phenoxy) is 7. The second-order valence-corrected chi connectivity index (χ2v) is 11.4. The molecule has 0 aromatic heterocycles. The summed E-state index contributed by atoms with van der Waals surface area (Å²) in [5.74, 6) is -2.88. The topological polar surface area (TPSA) is 261 Å². The maximum Gasteiger partial charge on any atom is 0.337 e. The molecule has 268 valence electrons. The van der Waals surface area contributed by atoms with Gasteiger partial charge in [-0.3, -0.25) is 4.79 Å². The number of hydrogen-bond acceptors (Lipinski definition) is 17. The average Bonchev–Trinajstić information content (AvgIpc) is 3.08. The summed E-state index contributed by atoms with van der Waals surface area (Å²) >= 11 is 0. The molecule has 8 N–H and O–H groups in total. The molecular formula is C31H42O17. The summed E-state index contributed by atoms with van der Waals surface area (Å²) in [6.07, 6.45) is -14.8. The van der Waals surface area contributed by atoms with E-state index in [0.717, 1.165) is 18.9 Å². The lowest BCUT2D eigenvalue weighted by Gasteiger charge is -2.42. The minimum absolute atomic E-state index is 0.0483. The quantitative estimate of drug-likeness (QED) is 0.0834. The third-order valence-electron chi connectivity index (χ3n) is 8.30. The van der Waals surface area contributed by atoms with Gasteiger partial charge in [0.2, 0.25) is 6.29 Å². The second-order valence-electron chi connectivity index (χ2n) is 11.4. The van der Waals surface area contributed by atoms with Gasteiger partial charge in [0.25, 0.3) is 0 Å². The molecule has 2 saturated heterocycles. The van der Waals surface area contributed by atoms with Crippen molar-refractivity contribution in [1.82, 2.24) is 0 Å². The number of carbonyl (C=O) groups is 2. The summed E-state index contributed by atoms with van der Waals surface area (Å²) < 4.78 is 38.2. The third kappa shape index (κ3) is 8.50. The average molecular weight is 687 g/mol. The van der Waals surface area contributed by atoms with E-state index in [1.165, 1.54) is 18.2 Å². The van der Waals surface area contributed by atoms with Gasteiger partial charge in [0, 0.05) is 11.5 Å². The first kappa shape index (κ1) is 37.6. The summed E-state index contributed by atoms with van der Waals surface area (Å²) in [6.45, 7) is 0.159. The van der Waals surface area contributed by atoms with Gasteiger partial charge in [-0.15, -0.1) is 0 Å². The maximum absolute atomic E-state index is 13.3. The third-order valence-corrected chi connectivity index (χ3v) is 8.30. The van der Waals surface area contributed by atoms with E-state index < -0.39 is 105 Å². The fraction of sp³-hybridized carbons (Fsp3) is 0.613. The summed E-state index contributed by atoms with van der Waals surface area (Å²) in [5, 5.41) is 81.1. The monoisotopic (exact) mass is 686 g/mol. The zero-order chi connectivity index (χ0) is 35.1. The highest BCUT2D eigenvalue weighted by molar-refractivity contribution is 5.90. The lowest BCUT2D eigenvalue weighted by molar-refractivity contribution is -0.327. The van der Waals surface area contributed by atoms with Gasteiger partial charge in [-0.05, 0) is 31.0 Å². The molecule has 48 heavy (non-hydrogen) atoms. The first-order valence-corrected chi connectivity index (χ1v) is 15.2. The van der Waals surface area contributed by atoms with E-state index in [9.17, 15) is 50.4 Å². The molecule has 17 nitrogen and oxygen atoms in total. The fourth-order valence-corrected chi connectivity index (χ4v) is 5.58. The lowest BCUT2D eigenvalue weighted by atomic mass is 9.86. The van der Waals surface area contributed by atoms with Gasteiger partial charge < -0.3 is 74.0 Å². The minimum atomic E-state index is -1.77. The van der Waals surface area contributed by atoms with Gasteiger partial charge in [-0.25, -0.2) is 4.79 Å². The van der Waals surface area contributed by atoms with E-state index in [4.69, 9.17) is 33.2 Å². The number of rotatable bonds is 12. The van der Waals surface area contributed by atoms with Crippen LogP contribution in [0.3, 0.4) is 0 Å². The van der Waals surface area contributed by atoms with E-state index in [1.54, 1.807) is 19.1 Å². The van der Waals surface area contributed by atoms with Crippen LogP contribution in [0.15, 0.2) is 47.7 Å². The van der Waals surface area contributed by atoms with Crippen molar-refractivity contribution in [1.29, 1.82) is 0 Å². The first-order valence-electron chi connectivity index (χ1n) is 15.2. The summed E-state index contributed by atoms with van der Waals surface area (Å²) in [4.78, 5) is 26.0. The predicted molar refractivity (Wildman–Crippen MR) is 157 cm³/mol. The Morgan fingerprint density at radius 3 is 2.15 bits per heavy atom. The van der Waals surface area contributed by atoms with Crippen LogP contribution in [0.1, 0.15) is 18.9 Å². The molecule has 12 atom stereocenters. The highest BCUT2D eigenvalue weighted by Crippen LogP contribution is 2.37. The van der Waals surface area contributed by atoms with E-state index in [0.29, 0.717) is 6.42 Å². The van der Waals surface area contributed by atoms with Crippen LogP contribution in [0, 0.1) is 5.92 Å². The van der Waals surface area contributed by atoms with Crippen LogP contribution in [-0.4, -0.2) is 147 Å². The predicted octanol–water partition coefficient (Wildman–Crippen LogP) is -2.52. The molecule has 0 radical (unpaired) electrons. The van der Waals surface area contributed by atoms with Crippen LogP contribution in [0.4, 0.5) is 0 Å². The molecule has 0 bridgehead atoms. The summed E-state index contributed by atoms with van der Waals surface area (Å²) in [7, 11) is 1.11. The molecule has 3 aliphatic rings. The van der Waals surface area contributed by atoms with Gasteiger partial charge in [-0.2, -0.15) is 0 Å². The standard InChI is InChI=1S/C31H42O17/c1-3-16-17(18(28(41)42-2)13-44-29(16)48-31-25(39)23(37)22(36)19(11-32)45-31)10-21(35)47-27-20(12-33)46-30(26(40)24(27)38)43-9-8-14-4-6-15(34)7-5-14/h3-7,13,17,19-20,22-27,29-34,36-40H,8-12H2,1-2H3/t17-,19-,20+,22+,23-,24+,25+,26+,27+,29-,30+,31-/m0/s1. The van der Waals surface area contributed by atoms with Gasteiger partial charge in [0.1, 0.15) is 48.5 Å². The van der Waals surface area contributed by atoms with Crippen molar-refractivity contribution in [2.75, 3.05) is 26.9 Å². The van der Waals surface area contributed by atoms with E-state index >= 15 is 0 Å². The number of phenolic OH excluding ortho intramolecular Hbond substituents is 1. The highest BCUT2D eigenvalue weighted by Gasteiger charge is 2.49. The van der Waals surface area contributed by atoms with E-state index in [2.05, 4.69) is 0 Å². The Morgan fingerprint density at radius 2 is 1.52 bits per heavy atom. The van der Waals surface area contributed by atoms with Crippen LogP contribution >= 0.6 is 0 Å². The lowest BCUT2D eigenvalue weighted by Crippen LogP contribution is -2.60. The molecule has 4 rings (SSSR count). The number of aromatic hydroxyl groups is 1. The zero-order valence-electron chi connectivity index (χ0n) is 26.2. The number of esters is 2. The molecule has 1 aromatic rings. The van der Waals surface area contributed by atoms with Crippen molar-refractivity contribution in [2.24, 2.45) is 5.92 Å². The largest absolute Gasteiger partial charge is 0.508 e. The number of carbonyl (C=O) groups excluding carboxylic acids is 2. The Labute approximate surface area is 275 Å². The summed E-state index contributed by atoms with van der Waals surface area (Å²) in [5.41, 5.74) is 0.851. The Bertz CT molecular complexity index is 1280. The highest BCUT2D eigenvalue weighted by atomic mass is 16.8. The molecule has 0 aliphatic carbocycles. The van der Waals surface area contributed by atoms with Crippen molar-refractivity contribution >= 4 is 11.9 Å². The fourth-order valence-electron chi connectivity index (χ4n) is 5.58. The summed E-state index contributed by atoms with van der Waals surface area (Å²) in [6, 6.07) is 6.37. The van der Waals surface area contributed by atoms with Crippen LogP contribution in [0.5, 0.6) is 5.75 Å². The number of phenols is 1.